The standard InChI is InChI=1S/C16H20ClNO3/c1-10(6-11-2-4-13(17)5-3-11)7-15(19)18-14-8-12(9-14)16(20)21/h2-5,10,12,14H,6-9H2,1H3,(H,18,19)(H,20,21). The van der Waals surface area contributed by atoms with E-state index in [1.54, 1.807) is 0 Å². The third kappa shape index (κ3) is 4.74. The van der Waals surface area contributed by atoms with Crippen LogP contribution in [0, 0.1) is 11.8 Å². The van der Waals surface area contributed by atoms with Gasteiger partial charge in [-0.2, -0.15) is 0 Å². The minimum absolute atomic E-state index is 0.00491. The van der Waals surface area contributed by atoms with Gasteiger partial charge in [-0.3, -0.25) is 9.59 Å². The average molecular weight is 310 g/mol. The van der Waals surface area contributed by atoms with Crippen LogP contribution in [0.15, 0.2) is 24.3 Å². The molecule has 114 valence electrons. The largest absolute Gasteiger partial charge is 0.481 e. The zero-order valence-electron chi connectivity index (χ0n) is 12.0. The lowest BCUT2D eigenvalue weighted by atomic mass is 9.80. The Hall–Kier alpha value is -1.55. The Kier molecular flexibility index (Phi) is 5.23. The Bertz CT molecular complexity index is 509. The third-order valence-corrected chi connectivity index (χ3v) is 4.14. The minimum atomic E-state index is -0.767. The molecule has 0 heterocycles. The number of halogens is 1. The van der Waals surface area contributed by atoms with Gasteiger partial charge in [0.05, 0.1) is 5.92 Å². The van der Waals surface area contributed by atoms with Crippen LogP contribution in [-0.4, -0.2) is 23.0 Å². The number of carbonyl (C=O) groups excluding carboxylic acids is 1. The van der Waals surface area contributed by atoms with Crippen molar-refractivity contribution >= 4 is 23.5 Å². The van der Waals surface area contributed by atoms with E-state index in [0.717, 1.165) is 12.0 Å². The summed E-state index contributed by atoms with van der Waals surface area (Å²) in [6.07, 6.45) is 2.38. The molecule has 1 aliphatic rings. The number of benzene rings is 1. The molecule has 2 N–H and O–H groups in total. The third-order valence-electron chi connectivity index (χ3n) is 3.88. The molecule has 5 heteroatoms. The zero-order valence-corrected chi connectivity index (χ0v) is 12.8. The Morgan fingerprint density at radius 2 is 1.95 bits per heavy atom. The van der Waals surface area contributed by atoms with E-state index >= 15 is 0 Å². The van der Waals surface area contributed by atoms with Gasteiger partial charge in [0.25, 0.3) is 0 Å². The maximum atomic E-state index is 11.9. The van der Waals surface area contributed by atoms with Crippen LogP contribution >= 0.6 is 11.6 Å². The number of rotatable bonds is 6. The number of carboxylic acids is 1. The highest BCUT2D eigenvalue weighted by Crippen LogP contribution is 2.27. The van der Waals surface area contributed by atoms with Crippen LogP contribution in [0.2, 0.25) is 5.02 Å². The van der Waals surface area contributed by atoms with Gasteiger partial charge in [-0.1, -0.05) is 30.7 Å². The van der Waals surface area contributed by atoms with Crippen molar-refractivity contribution in [1.29, 1.82) is 0 Å². The van der Waals surface area contributed by atoms with E-state index in [1.807, 2.05) is 31.2 Å². The highest BCUT2D eigenvalue weighted by Gasteiger charge is 2.35. The molecule has 0 aliphatic heterocycles. The van der Waals surface area contributed by atoms with Crippen LogP contribution in [0.3, 0.4) is 0 Å². The molecule has 1 fully saturated rings. The molecule has 0 saturated heterocycles. The summed E-state index contributed by atoms with van der Waals surface area (Å²) in [5.74, 6) is -0.815. The van der Waals surface area contributed by atoms with Crippen LogP contribution in [0.25, 0.3) is 0 Å². The van der Waals surface area contributed by atoms with Gasteiger partial charge < -0.3 is 10.4 Å². The van der Waals surface area contributed by atoms with Gasteiger partial charge in [-0.25, -0.2) is 0 Å². The highest BCUT2D eigenvalue weighted by molar-refractivity contribution is 6.30. The molecule has 1 unspecified atom stereocenters. The number of nitrogens with one attached hydrogen (secondary N) is 1. The molecule has 1 atom stereocenters. The highest BCUT2D eigenvalue weighted by atomic mass is 35.5. The summed E-state index contributed by atoms with van der Waals surface area (Å²) in [6, 6.07) is 7.68. The number of aliphatic carboxylic acids is 1. The molecule has 0 bridgehead atoms. The van der Waals surface area contributed by atoms with Gasteiger partial charge >= 0.3 is 5.97 Å². The number of amides is 1. The molecule has 1 amide bonds. The molecule has 1 aromatic rings. The van der Waals surface area contributed by atoms with E-state index in [-0.39, 0.29) is 23.8 Å². The first-order chi connectivity index (χ1) is 9.94. The van der Waals surface area contributed by atoms with E-state index in [9.17, 15) is 9.59 Å². The first kappa shape index (κ1) is 15.8. The predicted octanol–water partition coefficient (Wildman–Crippen LogP) is 2.89. The summed E-state index contributed by atoms with van der Waals surface area (Å²) < 4.78 is 0. The van der Waals surface area contributed by atoms with Gasteiger partial charge in [-0.15, -0.1) is 0 Å². The summed E-state index contributed by atoms with van der Waals surface area (Å²) in [7, 11) is 0. The van der Waals surface area contributed by atoms with Crippen LogP contribution in [0.4, 0.5) is 0 Å². The van der Waals surface area contributed by atoms with E-state index in [1.165, 1.54) is 0 Å². The van der Waals surface area contributed by atoms with Gasteiger partial charge in [0.2, 0.25) is 5.91 Å². The normalized spacial score (nSPS) is 22.2. The molecule has 0 spiro atoms. The second kappa shape index (κ2) is 6.94. The topological polar surface area (TPSA) is 66.4 Å². The van der Waals surface area contributed by atoms with Crippen LogP contribution in [-0.2, 0) is 16.0 Å². The van der Waals surface area contributed by atoms with Crippen molar-refractivity contribution in [2.24, 2.45) is 11.8 Å². The molecule has 1 saturated carbocycles. The lowest BCUT2D eigenvalue weighted by Crippen LogP contribution is -2.47. The molecule has 4 nitrogen and oxygen atoms in total. The van der Waals surface area contributed by atoms with Crippen LogP contribution in [0.5, 0.6) is 0 Å². The Morgan fingerprint density at radius 1 is 1.33 bits per heavy atom. The molecule has 21 heavy (non-hydrogen) atoms. The molecular formula is C16H20ClNO3. The Morgan fingerprint density at radius 3 is 2.52 bits per heavy atom. The number of carbonyl (C=O) groups is 2. The second-order valence-electron chi connectivity index (χ2n) is 5.91. The summed E-state index contributed by atoms with van der Waals surface area (Å²) >= 11 is 5.84. The minimum Gasteiger partial charge on any atom is -0.481 e. The Balaban J connectivity index is 1.70. The second-order valence-corrected chi connectivity index (χ2v) is 6.35. The summed E-state index contributed by atoms with van der Waals surface area (Å²) in [4.78, 5) is 22.6. The SMILES string of the molecule is CC(CC(=O)NC1CC(C(=O)O)C1)Cc1ccc(Cl)cc1. The molecule has 1 aliphatic carbocycles. The van der Waals surface area contributed by atoms with Crippen molar-refractivity contribution in [1.82, 2.24) is 5.32 Å². The zero-order chi connectivity index (χ0) is 15.4. The van der Waals surface area contributed by atoms with E-state index in [4.69, 9.17) is 16.7 Å². The fourth-order valence-electron chi connectivity index (χ4n) is 2.64. The van der Waals surface area contributed by atoms with Gasteiger partial charge in [0.15, 0.2) is 0 Å². The first-order valence-electron chi connectivity index (χ1n) is 7.20. The van der Waals surface area contributed by atoms with E-state index in [0.29, 0.717) is 24.3 Å². The monoisotopic (exact) mass is 309 g/mol. The number of hydrogen-bond acceptors (Lipinski definition) is 2. The first-order valence-corrected chi connectivity index (χ1v) is 7.58. The quantitative estimate of drug-likeness (QED) is 0.849. The van der Waals surface area contributed by atoms with Crippen molar-refractivity contribution < 1.29 is 14.7 Å². The van der Waals surface area contributed by atoms with E-state index in [2.05, 4.69) is 5.32 Å². The molecule has 1 aromatic carbocycles. The van der Waals surface area contributed by atoms with Gasteiger partial charge in [-0.05, 0) is 42.9 Å². The van der Waals surface area contributed by atoms with Crippen molar-refractivity contribution in [3.05, 3.63) is 34.9 Å². The number of hydrogen-bond donors (Lipinski definition) is 2. The van der Waals surface area contributed by atoms with Crippen molar-refractivity contribution in [3.8, 4) is 0 Å². The average Bonchev–Trinajstić information content (AvgIpc) is 2.35. The van der Waals surface area contributed by atoms with Gasteiger partial charge in [0, 0.05) is 17.5 Å². The fourth-order valence-corrected chi connectivity index (χ4v) is 2.76. The molecule has 0 aromatic heterocycles. The summed E-state index contributed by atoms with van der Waals surface area (Å²) in [5, 5.41) is 12.4. The maximum Gasteiger partial charge on any atom is 0.306 e. The number of carboxylic acid groups (broad SMARTS) is 1. The van der Waals surface area contributed by atoms with Crippen molar-refractivity contribution in [2.75, 3.05) is 0 Å². The maximum absolute atomic E-state index is 11.9. The fraction of sp³-hybridized carbons (Fsp3) is 0.500. The summed E-state index contributed by atoms with van der Waals surface area (Å²) in [5.41, 5.74) is 1.16. The van der Waals surface area contributed by atoms with Gasteiger partial charge in [0.1, 0.15) is 0 Å². The van der Waals surface area contributed by atoms with Crippen molar-refractivity contribution in [3.63, 3.8) is 0 Å². The molecule has 0 radical (unpaired) electrons. The molecule has 2 rings (SSSR count). The Labute approximate surface area is 129 Å². The van der Waals surface area contributed by atoms with Crippen LogP contribution in [0.1, 0.15) is 31.7 Å². The lowest BCUT2D eigenvalue weighted by Gasteiger charge is -2.33. The van der Waals surface area contributed by atoms with Crippen molar-refractivity contribution in [2.45, 2.75) is 38.6 Å². The smallest absolute Gasteiger partial charge is 0.306 e. The predicted molar refractivity (Wildman–Crippen MR) is 81.2 cm³/mol. The van der Waals surface area contributed by atoms with E-state index < -0.39 is 5.97 Å². The molecular weight excluding hydrogens is 290 g/mol. The van der Waals surface area contributed by atoms with Crippen LogP contribution < -0.4 is 5.32 Å². The lowest BCUT2D eigenvalue weighted by molar-refractivity contribution is -0.146. The summed E-state index contributed by atoms with van der Waals surface area (Å²) in [6.45, 7) is 2.04.